The van der Waals surface area contributed by atoms with E-state index < -0.39 is 0 Å². The molecule has 2 aromatic rings. The lowest BCUT2D eigenvalue weighted by atomic mass is 10.2. The first-order chi connectivity index (χ1) is 11.6. The highest BCUT2D eigenvalue weighted by molar-refractivity contribution is 7.99. The van der Waals surface area contributed by atoms with Crippen molar-refractivity contribution in [2.75, 3.05) is 12.4 Å². The van der Waals surface area contributed by atoms with Crippen LogP contribution in [-0.4, -0.2) is 33.0 Å². The van der Waals surface area contributed by atoms with Crippen molar-refractivity contribution in [1.29, 1.82) is 0 Å². The Morgan fingerprint density at radius 3 is 2.79 bits per heavy atom. The number of aromatic nitrogens is 2. The number of hydrogen-bond donors (Lipinski definition) is 1. The number of benzene rings is 1. The Bertz CT molecular complexity index is 658. The van der Waals surface area contributed by atoms with Crippen molar-refractivity contribution in [2.24, 2.45) is 0 Å². The van der Waals surface area contributed by atoms with Crippen molar-refractivity contribution in [3.8, 4) is 0 Å². The largest absolute Gasteiger partial charge is 0.466 e. The first-order valence-electron chi connectivity index (χ1n) is 7.82. The highest BCUT2D eigenvalue weighted by atomic mass is 32.2. The number of imidazole rings is 1. The van der Waals surface area contributed by atoms with Gasteiger partial charge >= 0.3 is 5.97 Å². The Kier molecular flexibility index (Phi) is 7.27. The van der Waals surface area contributed by atoms with Gasteiger partial charge in [0, 0.05) is 18.7 Å². The summed E-state index contributed by atoms with van der Waals surface area (Å²) in [5.41, 5.74) is 1.63. The zero-order chi connectivity index (χ0) is 17.4. The average Bonchev–Trinajstić information content (AvgIpc) is 2.96. The minimum Gasteiger partial charge on any atom is -0.466 e. The molecule has 1 aromatic carbocycles. The molecule has 2 rings (SSSR count). The van der Waals surface area contributed by atoms with Crippen LogP contribution in [0.4, 0.5) is 4.39 Å². The normalized spacial score (nSPS) is 10.8. The van der Waals surface area contributed by atoms with Gasteiger partial charge in [-0.25, -0.2) is 9.37 Å². The first kappa shape index (κ1) is 18.5. The molecule has 1 aromatic heterocycles. The van der Waals surface area contributed by atoms with E-state index in [4.69, 9.17) is 4.74 Å². The van der Waals surface area contributed by atoms with Crippen LogP contribution in [0.3, 0.4) is 0 Å². The van der Waals surface area contributed by atoms with Crippen LogP contribution in [0.1, 0.15) is 31.0 Å². The fraction of sp³-hybridized carbons (Fsp3) is 0.412. The van der Waals surface area contributed by atoms with Crippen LogP contribution >= 0.6 is 11.8 Å². The lowest BCUT2D eigenvalue weighted by Crippen LogP contribution is -2.07. The second kappa shape index (κ2) is 9.44. The minimum atomic E-state index is -0.277. The Hall–Kier alpha value is -1.86. The lowest BCUT2D eigenvalue weighted by molar-refractivity contribution is -0.143. The van der Waals surface area contributed by atoms with Crippen LogP contribution in [0.5, 0.6) is 0 Å². The Morgan fingerprint density at radius 2 is 2.12 bits per heavy atom. The van der Waals surface area contributed by atoms with E-state index in [1.165, 1.54) is 23.9 Å². The van der Waals surface area contributed by atoms with Crippen molar-refractivity contribution < 1.29 is 19.0 Å². The lowest BCUT2D eigenvalue weighted by Gasteiger charge is -2.11. The molecule has 0 aliphatic heterocycles. The number of rotatable bonds is 9. The third-order valence-electron chi connectivity index (χ3n) is 3.38. The number of carbonyl (C=O) groups is 1. The zero-order valence-electron chi connectivity index (χ0n) is 13.6. The topological polar surface area (TPSA) is 64.3 Å². The molecule has 0 radical (unpaired) electrons. The van der Waals surface area contributed by atoms with Crippen molar-refractivity contribution in [3.63, 3.8) is 0 Å². The number of aliphatic hydroxyl groups is 1. The van der Waals surface area contributed by atoms with E-state index in [-0.39, 0.29) is 18.4 Å². The maximum atomic E-state index is 13.0. The summed E-state index contributed by atoms with van der Waals surface area (Å²) >= 11 is 1.52. The van der Waals surface area contributed by atoms with Crippen molar-refractivity contribution in [2.45, 2.75) is 38.1 Å². The van der Waals surface area contributed by atoms with Crippen LogP contribution < -0.4 is 0 Å². The van der Waals surface area contributed by atoms with Crippen LogP contribution in [0, 0.1) is 5.82 Å². The number of esters is 1. The quantitative estimate of drug-likeness (QED) is 0.427. The van der Waals surface area contributed by atoms with E-state index in [9.17, 15) is 14.3 Å². The third kappa shape index (κ3) is 5.35. The standard InChI is InChI=1S/C17H21FN2O3S/c1-2-23-16(22)4-3-9-24-17-19-10-15(12-21)20(17)11-13-5-7-14(18)8-6-13/h5-8,10,21H,2-4,9,11-12H2,1H3. The van der Waals surface area contributed by atoms with Crippen molar-refractivity contribution in [1.82, 2.24) is 9.55 Å². The fourth-order valence-electron chi connectivity index (χ4n) is 2.19. The summed E-state index contributed by atoms with van der Waals surface area (Å²) in [7, 11) is 0. The van der Waals surface area contributed by atoms with Crippen LogP contribution in [0.15, 0.2) is 35.6 Å². The molecule has 0 bridgehead atoms. The number of aliphatic hydroxyl groups excluding tert-OH is 1. The van der Waals surface area contributed by atoms with E-state index in [2.05, 4.69) is 4.98 Å². The number of halogens is 1. The van der Waals surface area contributed by atoms with E-state index in [1.54, 1.807) is 25.3 Å². The highest BCUT2D eigenvalue weighted by Crippen LogP contribution is 2.22. The number of nitrogens with zero attached hydrogens (tertiary/aromatic N) is 2. The smallest absolute Gasteiger partial charge is 0.305 e. The molecule has 0 saturated heterocycles. The first-order valence-corrected chi connectivity index (χ1v) is 8.80. The van der Waals surface area contributed by atoms with Gasteiger partial charge in [0.15, 0.2) is 5.16 Å². The van der Waals surface area contributed by atoms with Gasteiger partial charge in [0.1, 0.15) is 5.82 Å². The van der Waals surface area contributed by atoms with Gasteiger partial charge in [-0.15, -0.1) is 0 Å². The van der Waals surface area contributed by atoms with E-state index in [1.807, 2.05) is 4.57 Å². The summed E-state index contributed by atoms with van der Waals surface area (Å²) in [5.74, 6) is 0.258. The van der Waals surface area contributed by atoms with E-state index in [0.29, 0.717) is 31.7 Å². The molecule has 1 N–H and O–H groups in total. The third-order valence-corrected chi connectivity index (χ3v) is 4.46. The van der Waals surface area contributed by atoms with Crippen LogP contribution in [0.2, 0.25) is 0 Å². The van der Waals surface area contributed by atoms with Gasteiger partial charge in [-0.1, -0.05) is 23.9 Å². The summed E-state index contributed by atoms with van der Waals surface area (Å²) in [4.78, 5) is 15.7. The molecule has 0 aliphatic carbocycles. The van der Waals surface area contributed by atoms with Crippen molar-refractivity contribution >= 4 is 17.7 Å². The molecule has 0 spiro atoms. The Labute approximate surface area is 144 Å². The second-order valence-electron chi connectivity index (χ2n) is 5.16. The predicted molar refractivity (Wildman–Crippen MR) is 90.2 cm³/mol. The predicted octanol–water partition coefficient (Wildman–Crippen LogP) is 3.00. The molecule has 0 atom stereocenters. The molecule has 5 nitrogen and oxygen atoms in total. The molecule has 7 heteroatoms. The molecule has 0 aliphatic rings. The second-order valence-corrected chi connectivity index (χ2v) is 6.22. The molecular formula is C17H21FN2O3S. The number of hydrogen-bond acceptors (Lipinski definition) is 5. The molecule has 0 amide bonds. The van der Waals surface area contributed by atoms with Gasteiger partial charge in [-0.3, -0.25) is 4.79 Å². The maximum absolute atomic E-state index is 13.0. The number of carbonyl (C=O) groups excluding carboxylic acids is 1. The minimum absolute atomic E-state index is 0.114. The Balaban J connectivity index is 1.96. The van der Waals surface area contributed by atoms with Crippen molar-refractivity contribution in [3.05, 3.63) is 47.5 Å². The van der Waals surface area contributed by atoms with Crippen LogP contribution in [0.25, 0.3) is 0 Å². The van der Waals surface area contributed by atoms with E-state index in [0.717, 1.165) is 16.5 Å². The van der Waals surface area contributed by atoms with Gasteiger partial charge in [-0.2, -0.15) is 0 Å². The number of thioether (sulfide) groups is 1. The summed E-state index contributed by atoms with van der Waals surface area (Å²) < 4.78 is 19.8. The molecular weight excluding hydrogens is 331 g/mol. The highest BCUT2D eigenvalue weighted by Gasteiger charge is 2.11. The summed E-state index contributed by atoms with van der Waals surface area (Å²) in [6.45, 7) is 2.58. The van der Waals surface area contributed by atoms with E-state index >= 15 is 0 Å². The monoisotopic (exact) mass is 352 g/mol. The SMILES string of the molecule is CCOC(=O)CCCSc1ncc(CO)n1Cc1ccc(F)cc1. The Morgan fingerprint density at radius 1 is 1.38 bits per heavy atom. The summed E-state index contributed by atoms with van der Waals surface area (Å²) in [6, 6.07) is 6.26. The van der Waals surface area contributed by atoms with Gasteiger partial charge in [0.05, 0.1) is 25.1 Å². The summed E-state index contributed by atoms with van der Waals surface area (Å²) in [5, 5.41) is 10.2. The van der Waals surface area contributed by atoms with Crippen LogP contribution in [-0.2, 0) is 22.7 Å². The maximum Gasteiger partial charge on any atom is 0.305 e. The fourth-order valence-corrected chi connectivity index (χ4v) is 3.12. The summed E-state index contributed by atoms with van der Waals surface area (Å²) in [6.07, 6.45) is 2.71. The molecule has 130 valence electrons. The van der Waals surface area contributed by atoms with Gasteiger partial charge < -0.3 is 14.4 Å². The number of ether oxygens (including phenoxy) is 1. The van der Waals surface area contributed by atoms with Gasteiger partial charge in [0.25, 0.3) is 0 Å². The van der Waals surface area contributed by atoms with Gasteiger partial charge in [-0.05, 0) is 31.0 Å². The molecule has 1 heterocycles. The van der Waals surface area contributed by atoms with Gasteiger partial charge in [0.2, 0.25) is 0 Å². The molecule has 24 heavy (non-hydrogen) atoms. The molecule has 0 fully saturated rings. The molecule has 0 unspecified atom stereocenters. The molecule has 0 saturated carbocycles. The zero-order valence-corrected chi connectivity index (χ0v) is 14.4. The average molecular weight is 352 g/mol.